The smallest absolute Gasteiger partial charge is 0.408 e. The standard InChI is InChI=1S/C22H22ClF4N3O6/c1-21(2,3)36-20(32)29-18(19(31)35-4)12-8-16(11-5-6-15(24)14(23)7-11)28-17(9-12)13(10-30(33)34)22(25,26)27/h5-9,13,18H,10H2,1-4H3,(H,29,32). The molecule has 0 saturated carbocycles. The summed E-state index contributed by atoms with van der Waals surface area (Å²) in [5, 5.41) is 12.8. The third-order valence-corrected chi connectivity index (χ3v) is 4.89. The van der Waals surface area contributed by atoms with Gasteiger partial charge in [-0.2, -0.15) is 13.2 Å². The quantitative estimate of drug-likeness (QED) is 0.224. The number of amides is 1. The van der Waals surface area contributed by atoms with E-state index in [1.165, 1.54) is 6.07 Å². The molecule has 1 heterocycles. The van der Waals surface area contributed by atoms with Gasteiger partial charge in [0.25, 0.3) is 0 Å². The number of alkyl carbamates (subject to hydrolysis) is 1. The highest BCUT2D eigenvalue weighted by atomic mass is 35.5. The second kappa shape index (κ2) is 11.1. The first-order valence-electron chi connectivity index (χ1n) is 10.2. The fourth-order valence-electron chi connectivity index (χ4n) is 3.06. The number of esters is 1. The van der Waals surface area contributed by atoms with Crippen LogP contribution in [0.4, 0.5) is 22.4 Å². The Balaban J connectivity index is 2.74. The van der Waals surface area contributed by atoms with E-state index in [4.69, 9.17) is 16.3 Å². The number of hydrogen-bond donors (Lipinski definition) is 1. The van der Waals surface area contributed by atoms with Gasteiger partial charge >= 0.3 is 18.2 Å². The molecule has 0 spiro atoms. The number of carbonyl (C=O) groups excluding carboxylic acids is 2. The van der Waals surface area contributed by atoms with Crippen LogP contribution in [0, 0.1) is 15.9 Å². The van der Waals surface area contributed by atoms with E-state index >= 15 is 0 Å². The number of methoxy groups -OCH3 is 1. The highest BCUT2D eigenvalue weighted by Gasteiger charge is 2.46. The molecule has 36 heavy (non-hydrogen) atoms. The lowest BCUT2D eigenvalue weighted by Gasteiger charge is -2.24. The van der Waals surface area contributed by atoms with Gasteiger partial charge < -0.3 is 14.8 Å². The summed E-state index contributed by atoms with van der Waals surface area (Å²) in [6.45, 7) is 3.09. The molecular formula is C22H22ClF4N3O6. The number of aromatic nitrogens is 1. The van der Waals surface area contributed by atoms with E-state index in [9.17, 15) is 37.3 Å². The molecule has 0 radical (unpaired) electrons. The van der Waals surface area contributed by atoms with Gasteiger partial charge in [-0.05, 0) is 56.7 Å². The number of nitrogens with zero attached hydrogens (tertiary/aromatic N) is 2. The van der Waals surface area contributed by atoms with Crippen molar-refractivity contribution in [3.05, 3.63) is 62.5 Å². The van der Waals surface area contributed by atoms with Crippen molar-refractivity contribution in [3.63, 3.8) is 0 Å². The second-order valence-corrected chi connectivity index (χ2v) is 8.96. The van der Waals surface area contributed by atoms with Gasteiger partial charge in [0.1, 0.15) is 11.4 Å². The number of halogens is 5. The van der Waals surface area contributed by atoms with Crippen LogP contribution < -0.4 is 5.32 Å². The van der Waals surface area contributed by atoms with Gasteiger partial charge in [0, 0.05) is 10.5 Å². The molecule has 14 heteroatoms. The molecule has 196 valence electrons. The first-order valence-corrected chi connectivity index (χ1v) is 10.6. The average Bonchev–Trinajstić information content (AvgIpc) is 2.74. The van der Waals surface area contributed by atoms with E-state index < -0.39 is 58.8 Å². The topological polar surface area (TPSA) is 121 Å². The Kier molecular flexibility index (Phi) is 8.84. The number of pyridine rings is 1. The fraction of sp³-hybridized carbons (Fsp3) is 0.409. The van der Waals surface area contributed by atoms with Crippen LogP contribution in [0.1, 0.15) is 44.0 Å². The summed E-state index contributed by atoms with van der Waals surface area (Å²) < 4.78 is 64.8. The van der Waals surface area contributed by atoms with Crippen LogP contribution in [0.5, 0.6) is 0 Å². The maximum Gasteiger partial charge on any atom is 0.408 e. The Morgan fingerprint density at radius 1 is 1.19 bits per heavy atom. The molecule has 1 amide bonds. The van der Waals surface area contributed by atoms with Gasteiger partial charge in [0.05, 0.1) is 23.5 Å². The van der Waals surface area contributed by atoms with E-state index in [2.05, 4.69) is 15.0 Å². The number of nitrogens with one attached hydrogen (secondary N) is 1. The summed E-state index contributed by atoms with van der Waals surface area (Å²) >= 11 is 5.79. The van der Waals surface area contributed by atoms with Crippen molar-refractivity contribution >= 4 is 23.7 Å². The van der Waals surface area contributed by atoms with Crippen LogP contribution in [0.25, 0.3) is 11.3 Å². The molecule has 9 nitrogen and oxygen atoms in total. The molecule has 1 N–H and O–H groups in total. The van der Waals surface area contributed by atoms with Crippen molar-refractivity contribution in [2.75, 3.05) is 13.7 Å². The SMILES string of the molecule is COC(=O)C(NC(=O)OC(C)(C)C)c1cc(-c2ccc(F)c(Cl)c2)nc(C(C[N+](=O)[O-])C(F)(F)F)c1. The number of rotatable bonds is 7. The van der Waals surface area contributed by atoms with Gasteiger partial charge in [0.15, 0.2) is 12.0 Å². The molecule has 2 aromatic rings. The van der Waals surface area contributed by atoms with Gasteiger partial charge in [-0.1, -0.05) is 11.6 Å². The van der Waals surface area contributed by atoms with Crippen LogP contribution >= 0.6 is 11.6 Å². The summed E-state index contributed by atoms with van der Waals surface area (Å²) in [6.07, 6.45) is -6.17. The Morgan fingerprint density at radius 3 is 2.33 bits per heavy atom. The zero-order valence-electron chi connectivity index (χ0n) is 19.5. The molecule has 0 fully saturated rings. The van der Waals surface area contributed by atoms with Gasteiger partial charge in [-0.25, -0.2) is 14.0 Å². The van der Waals surface area contributed by atoms with E-state index in [-0.39, 0.29) is 21.8 Å². The van der Waals surface area contributed by atoms with Crippen molar-refractivity contribution in [2.45, 2.75) is 44.5 Å². The molecule has 0 saturated heterocycles. The highest BCUT2D eigenvalue weighted by Crippen LogP contribution is 2.37. The average molecular weight is 536 g/mol. The van der Waals surface area contributed by atoms with Crippen LogP contribution in [-0.2, 0) is 14.3 Å². The minimum Gasteiger partial charge on any atom is -0.467 e. The van der Waals surface area contributed by atoms with Crippen molar-refractivity contribution in [2.24, 2.45) is 0 Å². The molecule has 2 atom stereocenters. The van der Waals surface area contributed by atoms with Crippen molar-refractivity contribution in [1.82, 2.24) is 10.3 Å². The van der Waals surface area contributed by atoms with Crippen LogP contribution in [0.2, 0.25) is 5.02 Å². The van der Waals surface area contributed by atoms with Gasteiger partial charge in [0.2, 0.25) is 6.54 Å². The maximum atomic E-state index is 13.8. The number of hydrogen-bond acceptors (Lipinski definition) is 7. The lowest BCUT2D eigenvalue weighted by molar-refractivity contribution is -0.491. The minimum absolute atomic E-state index is 0.0485. The molecule has 0 aliphatic heterocycles. The first-order chi connectivity index (χ1) is 16.5. The maximum absolute atomic E-state index is 13.8. The fourth-order valence-corrected chi connectivity index (χ4v) is 3.24. The number of nitro groups is 1. The molecular weight excluding hydrogens is 514 g/mol. The van der Waals surface area contributed by atoms with E-state index in [1.54, 1.807) is 20.8 Å². The molecule has 0 aliphatic rings. The zero-order chi connectivity index (χ0) is 27.4. The monoisotopic (exact) mass is 535 g/mol. The number of carbonyl (C=O) groups is 2. The Hall–Kier alpha value is -3.48. The molecule has 2 unspecified atom stereocenters. The summed E-state index contributed by atoms with van der Waals surface area (Å²) in [4.78, 5) is 38.6. The second-order valence-electron chi connectivity index (χ2n) is 8.55. The Bertz CT molecular complexity index is 1150. The summed E-state index contributed by atoms with van der Waals surface area (Å²) in [6, 6.07) is 3.46. The van der Waals surface area contributed by atoms with Crippen LogP contribution in [0.3, 0.4) is 0 Å². The number of alkyl halides is 3. The molecule has 1 aromatic heterocycles. The van der Waals surface area contributed by atoms with E-state index in [1.807, 2.05) is 0 Å². The summed E-state index contributed by atoms with van der Waals surface area (Å²) in [5.41, 5.74) is -2.20. The molecule has 0 aliphatic carbocycles. The predicted octanol–water partition coefficient (Wildman–Crippen LogP) is 5.20. The lowest BCUT2D eigenvalue weighted by Crippen LogP contribution is -2.38. The Labute approximate surface area is 207 Å². The van der Waals surface area contributed by atoms with E-state index in [0.717, 1.165) is 31.4 Å². The number of benzene rings is 1. The molecule has 2 rings (SSSR count). The Morgan fingerprint density at radius 2 is 1.83 bits per heavy atom. The summed E-state index contributed by atoms with van der Waals surface area (Å²) in [7, 11) is 0.986. The highest BCUT2D eigenvalue weighted by molar-refractivity contribution is 6.31. The van der Waals surface area contributed by atoms with Crippen LogP contribution in [-0.4, -0.2) is 47.4 Å². The van der Waals surface area contributed by atoms with Crippen molar-refractivity contribution in [3.8, 4) is 11.3 Å². The third kappa shape index (κ3) is 7.77. The largest absolute Gasteiger partial charge is 0.467 e. The molecule has 0 bridgehead atoms. The lowest BCUT2D eigenvalue weighted by atomic mass is 9.97. The zero-order valence-corrected chi connectivity index (χ0v) is 20.2. The molecule has 1 aromatic carbocycles. The summed E-state index contributed by atoms with van der Waals surface area (Å²) in [5.74, 6) is -4.54. The third-order valence-electron chi connectivity index (χ3n) is 4.60. The number of ether oxygens (including phenoxy) is 2. The van der Waals surface area contributed by atoms with Crippen molar-refractivity contribution in [1.29, 1.82) is 0 Å². The predicted molar refractivity (Wildman–Crippen MR) is 119 cm³/mol. The van der Waals surface area contributed by atoms with E-state index in [0.29, 0.717) is 0 Å². The first kappa shape index (κ1) is 28.8. The van der Waals surface area contributed by atoms with Gasteiger partial charge in [-0.3, -0.25) is 15.1 Å². The van der Waals surface area contributed by atoms with Crippen molar-refractivity contribution < 1.29 is 41.5 Å². The normalized spacial score (nSPS) is 13.5. The van der Waals surface area contributed by atoms with Gasteiger partial charge in [-0.15, -0.1) is 0 Å². The minimum atomic E-state index is -5.09. The van der Waals surface area contributed by atoms with Crippen LogP contribution in [0.15, 0.2) is 30.3 Å².